The fourth-order valence-corrected chi connectivity index (χ4v) is 0.731. The molecule has 0 N–H and O–H groups in total. The topological polar surface area (TPSA) is 20.3 Å². The molecule has 0 bridgehead atoms. The number of carbonyl (C=O) groups excluding carboxylic acids is 1. The Morgan fingerprint density at radius 2 is 2.38 bits per heavy atom. The molecule has 44 valence electrons. The number of rotatable bonds is 2. The second-order valence-corrected chi connectivity index (χ2v) is 1.98. The Bertz CT molecular complexity index is 112. The van der Waals surface area contributed by atoms with E-state index in [1.54, 1.807) is 5.94 Å². The molecule has 0 aromatic heterocycles. The first-order valence-electron chi connectivity index (χ1n) is 2.85. The van der Waals surface area contributed by atoms with Gasteiger partial charge in [-0.3, -0.25) is 4.90 Å². The van der Waals surface area contributed by atoms with E-state index >= 15 is 0 Å². The molecule has 1 aliphatic rings. The molecule has 0 atom stereocenters. The van der Waals surface area contributed by atoms with E-state index in [2.05, 4.69) is 4.90 Å². The van der Waals surface area contributed by atoms with E-state index < -0.39 is 0 Å². The number of hydrogen-bond donors (Lipinski definition) is 0. The lowest BCUT2D eigenvalue weighted by Crippen LogP contribution is -2.36. The van der Waals surface area contributed by atoms with Crippen LogP contribution in [0.3, 0.4) is 0 Å². The third-order valence-electron chi connectivity index (χ3n) is 1.38. The zero-order valence-corrected chi connectivity index (χ0v) is 4.76. The highest BCUT2D eigenvalue weighted by Gasteiger charge is 2.10. The van der Waals surface area contributed by atoms with Gasteiger partial charge in [-0.15, -0.1) is 0 Å². The standard InChI is InChI=1S/C6H9NO/c8-6-2-5-7-3-1-4-7/h2H,1,3-5H2. The second kappa shape index (κ2) is 2.65. The van der Waals surface area contributed by atoms with Crippen molar-refractivity contribution in [2.45, 2.75) is 6.42 Å². The Labute approximate surface area is 48.8 Å². The summed E-state index contributed by atoms with van der Waals surface area (Å²) in [6, 6.07) is 0. The molecule has 1 fully saturated rings. The summed E-state index contributed by atoms with van der Waals surface area (Å²) in [4.78, 5) is 11.8. The van der Waals surface area contributed by atoms with Crippen molar-refractivity contribution in [3.05, 3.63) is 6.08 Å². The minimum atomic E-state index is 0.795. The summed E-state index contributed by atoms with van der Waals surface area (Å²) in [5, 5.41) is 0. The SMILES string of the molecule is O=C=CCN1CCC1. The highest BCUT2D eigenvalue weighted by molar-refractivity contribution is 5.45. The Kier molecular flexibility index (Phi) is 1.84. The van der Waals surface area contributed by atoms with E-state index in [1.165, 1.54) is 12.5 Å². The first-order chi connectivity index (χ1) is 3.93. The largest absolute Gasteiger partial charge is 0.299 e. The molecule has 0 spiro atoms. The Balaban J connectivity index is 2.09. The van der Waals surface area contributed by atoms with Crippen LogP contribution in [0.1, 0.15) is 6.42 Å². The van der Waals surface area contributed by atoms with Crippen LogP contribution in [0.25, 0.3) is 0 Å². The molecule has 0 unspecified atom stereocenters. The van der Waals surface area contributed by atoms with Gasteiger partial charge in [-0.05, 0) is 19.5 Å². The van der Waals surface area contributed by atoms with E-state index in [0.717, 1.165) is 19.6 Å². The van der Waals surface area contributed by atoms with Gasteiger partial charge in [0.1, 0.15) is 5.94 Å². The molecule has 0 saturated carbocycles. The van der Waals surface area contributed by atoms with E-state index in [0.29, 0.717) is 0 Å². The van der Waals surface area contributed by atoms with Crippen LogP contribution in [0, 0.1) is 0 Å². The van der Waals surface area contributed by atoms with Gasteiger partial charge >= 0.3 is 0 Å². The molecule has 0 aromatic carbocycles. The molecule has 1 rings (SSSR count). The molecule has 0 aliphatic carbocycles. The summed E-state index contributed by atoms with van der Waals surface area (Å²) in [5.41, 5.74) is 0. The summed E-state index contributed by atoms with van der Waals surface area (Å²) in [6.45, 7) is 3.10. The summed E-state index contributed by atoms with van der Waals surface area (Å²) >= 11 is 0. The maximum absolute atomic E-state index is 9.64. The van der Waals surface area contributed by atoms with Crippen molar-refractivity contribution in [1.82, 2.24) is 4.90 Å². The highest BCUT2D eigenvalue weighted by atomic mass is 16.1. The number of nitrogens with zero attached hydrogens (tertiary/aromatic N) is 1. The zero-order valence-electron chi connectivity index (χ0n) is 4.76. The predicted molar refractivity (Wildman–Crippen MR) is 31.3 cm³/mol. The van der Waals surface area contributed by atoms with Crippen molar-refractivity contribution in [3.63, 3.8) is 0 Å². The Morgan fingerprint density at radius 3 is 2.75 bits per heavy atom. The van der Waals surface area contributed by atoms with Gasteiger partial charge in [0.2, 0.25) is 0 Å². The van der Waals surface area contributed by atoms with Crippen molar-refractivity contribution in [1.29, 1.82) is 0 Å². The van der Waals surface area contributed by atoms with Crippen LogP contribution in [0.4, 0.5) is 0 Å². The third kappa shape index (κ3) is 1.19. The van der Waals surface area contributed by atoms with Crippen molar-refractivity contribution >= 4 is 5.94 Å². The van der Waals surface area contributed by atoms with Crippen LogP contribution in [0.5, 0.6) is 0 Å². The fraction of sp³-hybridized carbons (Fsp3) is 0.667. The van der Waals surface area contributed by atoms with Gasteiger partial charge in [-0.25, -0.2) is 4.79 Å². The Hall–Kier alpha value is -0.590. The molecule has 2 nitrogen and oxygen atoms in total. The van der Waals surface area contributed by atoms with E-state index in [4.69, 9.17) is 0 Å². The molecule has 1 aliphatic heterocycles. The van der Waals surface area contributed by atoms with Crippen molar-refractivity contribution in [2.75, 3.05) is 19.6 Å². The summed E-state index contributed by atoms with van der Waals surface area (Å²) in [6.07, 6.45) is 2.81. The van der Waals surface area contributed by atoms with E-state index in [9.17, 15) is 4.79 Å². The first-order valence-corrected chi connectivity index (χ1v) is 2.85. The normalized spacial score (nSPS) is 19.0. The molecule has 1 saturated heterocycles. The molecular weight excluding hydrogens is 102 g/mol. The highest BCUT2D eigenvalue weighted by Crippen LogP contribution is 2.03. The fourth-order valence-electron chi connectivity index (χ4n) is 0.731. The average Bonchev–Trinajstić information content (AvgIpc) is 1.63. The van der Waals surface area contributed by atoms with Gasteiger partial charge in [-0.1, -0.05) is 0 Å². The molecule has 1 heterocycles. The maximum Gasteiger partial charge on any atom is 0.121 e. The lowest BCUT2D eigenvalue weighted by atomic mass is 10.2. The number of hydrogen-bond acceptors (Lipinski definition) is 2. The monoisotopic (exact) mass is 111 g/mol. The van der Waals surface area contributed by atoms with Crippen molar-refractivity contribution < 1.29 is 4.79 Å². The van der Waals surface area contributed by atoms with Crippen LogP contribution in [-0.4, -0.2) is 30.5 Å². The molecule has 2 heteroatoms. The molecule has 0 amide bonds. The van der Waals surface area contributed by atoms with E-state index in [-0.39, 0.29) is 0 Å². The predicted octanol–water partition coefficient (Wildman–Crippen LogP) is 0.0799. The van der Waals surface area contributed by atoms with Crippen LogP contribution < -0.4 is 0 Å². The molecule has 0 radical (unpaired) electrons. The second-order valence-electron chi connectivity index (χ2n) is 1.98. The smallest absolute Gasteiger partial charge is 0.121 e. The van der Waals surface area contributed by atoms with Crippen molar-refractivity contribution in [3.8, 4) is 0 Å². The van der Waals surface area contributed by atoms with Crippen LogP contribution in [-0.2, 0) is 4.79 Å². The Morgan fingerprint density at radius 1 is 1.62 bits per heavy atom. The van der Waals surface area contributed by atoms with Gasteiger partial charge in [0.25, 0.3) is 0 Å². The third-order valence-corrected chi connectivity index (χ3v) is 1.38. The summed E-state index contributed by atoms with van der Waals surface area (Å²) in [7, 11) is 0. The lowest BCUT2D eigenvalue weighted by Gasteiger charge is -2.28. The minimum absolute atomic E-state index is 0.795. The van der Waals surface area contributed by atoms with Gasteiger partial charge in [0, 0.05) is 12.6 Å². The summed E-state index contributed by atoms with van der Waals surface area (Å²) in [5.74, 6) is 1.75. The van der Waals surface area contributed by atoms with Crippen LogP contribution >= 0.6 is 0 Å². The molecule has 0 aromatic rings. The average molecular weight is 111 g/mol. The van der Waals surface area contributed by atoms with Crippen LogP contribution in [0.15, 0.2) is 6.08 Å². The van der Waals surface area contributed by atoms with Gasteiger partial charge in [0.05, 0.1) is 0 Å². The minimum Gasteiger partial charge on any atom is -0.299 e. The van der Waals surface area contributed by atoms with Gasteiger partial charge in [-0.2, -0.15) is 0 Å². The quantitative estimate of drug-likeness (QED) is 0.470. The molecule has 8 heavy (non-hydrogen) atoms. The zero-order chi connectivity index (χ0) is 5.82. The lowest BCUT2D eigenvalue weighted by molar-refractivity contribution is 0.203. The van der Waals surface area contributed by atoms with Gasteiger partial charge in [0.15, 0.2) is 0 Å². The van der Waals surface area contributed by atoms with Crippen LogP contribution in [0.2, 0.25) is 0 Å². The number of likely N-dealkylation sites (tertiary alicyclic amines) is 1. The van der Waals surface area contributed by atoms with Gasteiger partial charge < -0.3 is 0 Å². The first kappa shape index (κ1) is 5.54. The van der Waals surface area contributed by atoms with E-state index in [1.807, 2.05) is 0 Å². The maximum atomic E-state index is 9.64. The summed E-state index contributed by atoms with van der Waals surface area (Å²) < 4.78 is 0. The van der Waals surface area contributed by atoms with Crippen molar-refractivity contribution in [2.24, 2.45) is 0 Å². The molecular formula is C6H9NO.